The highest BCUT2D eigenvalue weighted by atomic mass is 32.2. The Bertz CT molecular complexity index is 353. The lowest BCUT2D eigenvalue weighted by molar-refractivity contribution is 0.275. The molecule has 0 amide bonds. The van der Waals surface area contributed by atoms with Gasteiger partial charge in [0.15, 0.2) is 0 Å². The summed E-state index contributed by atoms with van der Waals surface area (Å²) >= 11 is 0. The second-order valence-corrected chi connectivity index (χ2v) is 11.4. The minimum Gasteiger partial charge on any atom is -0.215 e. The van der Waals surface area contributed by atoms with E-state index in [-0.39, 0.29) is 25.6 Å². The molecule has 1 atom stereocenters. The van der Waals surface area contributed by atoms with E-state index < -0.39 is 10.0 Å². The summed E-state index contributed by atoms with van der Waals surface area (Å²) in [6, 6.07) is 1.21. The van der Waals surface area contributed by atoms with Gasteiger partial charge in [0.25, 0.3) is 0 Å². The Balaban J connectivity index is 4.85. The highest BCUT2D eigenvalue weighted by molar-refractivity contribution is 7.90. The van der Waals surface area contributed by atoms with Crippen LogP contribution in [-0.2, 0) is 10.0 Å². The fraction of sp³-hybridized carbons (Fsp3) is 1.00. The second-order valence-electron chi connectivity index (χ2n) is 7.77. The van der Waals surface area contributed by atoms with E-state index in [2.05, 4.69) is 32.0 Å². The molecule has 116 valence electrons. The van der Waals surface area contributed by atoms with Crippen molar-refractivity contribution in [3.05, 3.63) is 0 Å². The molecule has 0 fully saturated rings. The van der Waals surface area contributed by atoms with Crippen LogP contribution in [-0.4, -0.2) is 29.7 Å². The van der Waals surface area contributed by atoms with E-state index in [1.54, 1.807) is 0 Å². The van der Waals surface area contributed by atoms with Gasteiger partial charge in [0, 0.05) is 16.1 Å². The summed E-state index contributed by atoms with van der Waals surface area (Å²) in [5.74, 6) is 0. The van der Waals surface area contributed by atoms with Gasteiger partial charge in [0.05, 0.1) is 5.25 Å². The summed E-state index contributed by atoms with van der Waals surface area (Å²) in [7, 11) is -3.19. The average Bonchev–Trinajstić information content (AvgIpc) is 2.18. The van der Waals surface area contributed by atoms with E-state index in [4.69, 9.17) is 0 Å². The zero-order valence-electron chi connectivity index (χ0n) is 13.8. The molecule has 0 saturated carbocycles. The van der Waals surface area contributed by atoms with Crippen LogP contribution in [0.25, 0.3) is 0 Å². The first-order chi connectivity index (χ1) is 8.40. The molecule has 0 spiro atoms. The van der Waals surface area contributed by atoms with Crippen molar-refractivity contribution in [2.24, 2.45) is 10.8 Å². The van der Waals surface area contributed by atoms with E-state index in [0.717, 1.165) is 6.42 Å². The van der Waals surface area contributed by atoms with Gasteiger partial charge in [-0.3, -0.25) is 0 Å². The van der Waals surface area contributed by atoms with Gasteiger partial charge >= 0.3 is 0 Å². The third kappa shape index (κ3) is 8.10. The Morgan fingerprint density at radius 1 is 1.11 bits per heavy atom. The molecule has 5 heteroatoms. The molecule has 1 unspecified atom stereocenters. The molecule has 0 aliphatic rings. The minimum absolute atomic E-state index is 0.0169. The number of sulfonamides is 1. The van der Waals surface area contributed by atoms with Crippen molar-refractivity contribution in [3.8, 4) is 0 Å². The molecule has 19 heavy (non-hydrogen) atoms. The van der Waals surface area contributed by atoms with Crippen LogP contribution in [0.3, 0.4) is 0 Å². The monoisotopic (exact) mass is 307 g/mol. The smallest absolute Gasteiger partial charge is 0.215 e. The van der Waals surface area contributed by atoms with Crippen LogP contribution in [0, 0.1) is 10.8 Å². The molecule has 0 saturated heterocycles. The van der Waals surface area contributed by atoms with Crippen LogP contribution in [0.4, 0.5) is 0 Å². The molecule has 3 nitrogen and oxygen atoms in total. The summed E-state index contributed by atoms with van der Waals surface area (Å²) < 4.78 is 27.9. The second kappa shape index (κ2) is 7.23. The molecule has 0 aromatic rings. The third-order valence-corrected chi connectivity index (χ3v) is 6.66. The Labute approximate surface area is 122 Å². The highest BCUT2D eigenvalue weighted by Crippen LogP contribution is 2.34. The largest absolute Gasteiger partial charge is 0.215 e. The van der Waals surface area contributed by atoms with E-state index >= 15 is 0 Å². The minimum atomic E-state index is -3.23. The van der Waals surface area contributed by atoms with Crippen molar-refractivity contribution in [2.45, 2.75) is 72.2 Å². The van der Waals surface area contributed by atoms with E-state index in [9.17, 15) is 8.42 Å². The SMILES string of the molecule is C[SiH2]CCCNS(=O)(=O)C(CC(C)(C)C)C(C)(C)C. The lowest BCUT2D eigenvalue weighted by atomic mass is 9.81. The average molecular weight is 308 g/mol. The van der Waals surface area contributed by atoms with Crippen molar-refractivity contribution in [3.63, 3.8) is 0 Å². The number of rotatable bonds is 7. The van der Waals surface area contributed by atoms with Crippen LogP contribution in [0.1, 0.15) is 54.4 Å². The van der Waals surface area contributed by atoms with Crippen molar-refractivity contribution < 1.29 is 8.42 Å². The maximum Gasteiger partial charge on any atom is 0.215 e. The van der Waals surface area contributed by atoms with Crippen molar-refractivity contribution in [1.29, 1.82) is 0 Å². The summed E-state index contributed by atoms with van der Waals surface area (Å²) in [6.07, 6.45) is 1.67. The fourth-order valence-electron chi connectivity index (χ4n) is 2.13. The van der Waals surface area contributed by atoms with Gasteiger partial charge in [-0.05, 0) is 23.7 Å². The van der Waals surface area contributed by atoms with E-state index in [0.29, 0.717) is 13.0 Å². The Morgan fingerprint density at radius 2 is 1.63 bits per heavy atom. The topological polar surface area (TPSA) is 46.2 Å². The number of hydrogen-bond donors (Lipinski definition) is 1. The third-order valence-electron chi connectivity index (χ3n) is 3.22. The predicted octanol–water partition coefficient (Wildman–Crippen LogP) is 2.78. The van der Waals surface area contributed by atoms with E-state index in [1.807, 2.05) is 20.8 Å². The van der Waals surface area contributed by atoms with Gasteiger partial charge < -0.3 is 0 Å². The predicted molar refractivity (Wildman–Crippen MR) is 88.1 cm³/mol. The zero-order chi connectivity index (χ0) is 15.3. The van der Waals surface area contributed by atoms with Gasteiger partial charge in [-0.2, -0.15) is 0 Å². The molecule has 1 N–H and O–H groups in total. The first-order valence-corrected chi connectivity index (χ1v) is 11.3. The molecule has 0 heterocycles. The van der Waals surface area contributed by atoms with Crippen molar-refractivity contribution >= 4 is 19.5 Å². The fourth-order valence-corrected chi connectivity index (χ4v) is 5.16. The van der Waals surface area contributed by atoms with Crippen LogP contribution in [0.15, 0.2) is 0 Å². The first-order valence-electron chi connectivity index (χ1n) is 7.38. The van der Waals surface area contributed by atoms with Crippen molar-refractivity contribution in [2.75, 3.05) is 6.54 Å². The van der Waals surface area contributed by atoms with Crippen LogP contribution >= 0.6 is 0 Å². The normalized spacial score (nSPS) is 16.2. The number of hydrogen-bond acceptors (Lipinski definition) is 2. The lowest BCUT2D eigenvalue weighted by Crippen LogP contribution is -2.44. The van der Waals surface area contributed by atoms with Crippen molar-refractivity contribution in [1.82, 2.24) is 4.72 Å². The quantitative estimate of drug-likeness (QED) is 0.581. The van der Waals surface area contributed by atoms with Crippen LogP contribution in [0.2, 0.25) is 12.6 Å². The molecular weight excluding hydrogens is 274 g/mol. The Morgan fingerprint density at radius 3 is 2.00 bits per heavy atom. The van der Waals surface area contributed by atoms with Crippen LogP contribution < -0.4 is 4.72 Å². The highest BCUT2D eigenvalue weighted by Gasteiger charge is 2.38. The molecule has 0 aliphatic heterocycles. The van der Waals surface area contributed by atoms with Gasteiger partial charge in [-0.15, -0.1) is 0 Å². The summed E-state index contributed by atoms with van der Waals surface area (Å²) in [6.45, 7) is 15.2. The molecule has 0 bridgehead atoms. The summed E-state index contributed by atoms with van der Waals surface area (Å²) in [5.41, 5.74) is -0.221. The molecule has 0 radical (unpaired) electrons. The standard InChI is InChI=1S/C14H33NO2SSi/c1-13(2,3)11-12(14(4,5)6)18(16,17)15-9-8-10-19-7/h12,15H,8-11,19H2,1-7H3. The Kier molecular flexibility index (Phi) is 7.27. The Hall–Kier alpha value is 0.127. The molecule has 0 rings (SSSR count). The summed E-state index contributed by atoms with van der Waals surface area (Å²) in [4.78, 5) is 0. The molecular formula is C14H33NO2SSi. The van der Waals surface area contributed by atoms with Gasteiger partial charge in [-0.1, -0.05) is 54.1 Å². The van der Waals surface area contributed by atoms with Gasteiger partial charge in [0.1, 0.15) is 0 Å². The van der Waals surface area contributed by atoms with Gasteiger partial charge in [-0.25, -0.2) is 13.1 Å². The summed E-state index contributed by atoms with van der Waals surface area (Å²) in [5, 5.41) is -0.334. The lowest BCUT2D eigenvalue weighted by Gasteiger charge is -2.35. The molecule has 0 aromatic carbocycles. The maximum atomic E-state index is 12.5. The number of nitrogens with one attached hydrogen (secondary N) is 1. The zero-order valence-corrected chi connectivity index (χ0v) is 16.1. The molecule has 0 aromatic heterocycles. The molecule has 0 aliphatic carbocycles. The van der Waals surface area contributed by atoms with Gasteiger partial charge in [0.2, 0.25) is 10.0 Å². The maximum absolute atomic E-state index is 12.5. The first kappa shape index (κ1) is 19.1. The van der Waals surface area contributed by atoms with E-state index in [1.165, 1.54) is 6.04 Å². The van der Waals surface area contributed by atoms with Crippen LogP contribution in [0.5, 0.6) is 0 Å².